The zero-order valence-electron chi connectivity index (χ0n) is 14.2. The van der Waals surface area contributed by atoms with Gasteiger partial charge in [0.1, 0.15) is 0 Å². The molecule has 2 unspecified atom stereocenters. The number of carbonyl (C=O) groups is 2. The van der Waals surface area contributed by atoms with Crippen LogP contribution >= 0.6 is 0 Å². The molecule has 0 radical (unpaired) electrons. The average molecular weight is 298 g/mol. The summed E-state index contributed by atoms with van der Waals surface area (Å²) in [7, 11) is 0. The minimum atomic E-state index is -0.417. The third-order valence-electron chi connectivity index (χ3n) is 3.97. The first-order valence-electron chi connectivity index (χ1n) is 7.87. The molecule has 0 aromatic rings. The van der Waals surface area contributed by atoms with Crippen molar-refractivity contribution >= 4 is 12.0 Å². The van der Waals surface area contributed by atoms with Gasteiger partial charge in [-0.2, -0.15) is 0 Å². The predicted octanol–water partition coefficient (Wildman–Crippen LogP) is 2.65. The predicted molar refractivity (Wildman–Crippen MR) is 82.9 cm³/mol. The summed E-state index contributed by atoms with van der Waals surface area (Å²) in [5.41, 5.74) is -0.417. The Balaban J connectivity index is 2.75. The molecule has 1 heterocycles. The van der Waals surface area contributed by atoms with E-state index in [-0.39, 0.29) is 18.0 Å². The van der Waals surface area contributed by atoms with Gasteiger partial charge in [-0.1, -0.05) is 34.6 Å². The van der Waals surface area contributed by atoms with E-state index < -0.39 is 5.41 Å². The fourth-order valence-electron chi connectivity index (χ4n) is 2.49. The summed E-state index contributed by atoms with van der Waals surface area (Å²) in [6.07, 6.45) is 0.632. The Morgan fingerprint density at radius 3 is 2.38 bits per heavy atom. The standard InChI is InChI=1S/C16H30N2O3/c1-7-21-15(20)18-9-12(11(2)3)8-13(10-18)17-14(19)16(4,5)6/h11-13H,7-10H2,1-6H3,(H,17,19). The molecule has 0 spiro atoms. The van der Waals surface area contributed by atoms with Gasteiger partial charge in [0.2, 0.25) is 5.91 Å². The minimum absolute atomic E-state index is 0.00211. The lowest BCUT2D eigenvalue weighted by Crippen LogP contribution is -2.55. The number of likely N-dealkylation sites (tertiary alicyclic amines) is 1. The van der Waals surface area contributed by atoms with Gasteiger partial charge in [0.05, 0.1) is 6.61 Å². The van der Waals surface area contributed by atoms with Crippen LogP contribution in [0.4, 0.5) is 4.79 Å². The molecule has 1 rings (SSSR count). The van der Waals surface area contributed by atoms with Crippen LogP contribution in [0.15, 0.2) is 0 Å². The van der Waals surface area contributed by atoms with Gasteiger partial charge in [-0.05, 0) is 25.2 Å². The van der Waals surface area contributed by atoms with Crippen LogP contribution in [0.5, 0.6) is 0 Å². The summed E-state index contributed by atoms with van der Waals surface area (Å²) in [5.74, 6) is 0.880. The second-order valence-corrected chi connectivity index (χ2v) is 7.26. The van der Waals surface area contributed by atoms with Gasteiger partial charge in [0, 0.05) is 24.5 Å². The van der Waals surface area contributed by atoms with E-state index in [4.69, 9.17) is 4.74 Å². The van der Waals surface area contributed by atoms with Crippen molar-refractivity contribution in [1.29, 1.82) is 0 Å². The Morgan fingerprint density at radius 1 is 1.29 bits per heavy atom. The Labute approximate surface area is 128 Å². The van der Waals surface area contributed by atoms with Crippen molar-refractivity contribution in [3.05, 3.63) is 0 Å². The lowest BCUT2D eigenvalue weighted by Gasteiger charge is -2.39. The van der Waals surface area contributed by atoms with Crippen molar-refractivity contribution < 1.29 is 14.3 Å². The molecular weight excluding hydrogens is 268 g/mol. The molecule has 2 atom stereocenters. The first kappa shape index (κ1) is 17.8. The Bertz CT molecular complexity index is 374. The molecule has 0 aliphatic carbocycles. The van der Waals surface area contributed by atoms with Gasteiger partial charge in [0.15, 0.2) is 0 Å². The summed E-state index contributed by atoms with van der Waals surface area (Å²) < 4.78 is 5.10. The summed E-state index contributed by atoms with van der Waals surface area (Å²) in [5, 5.41) is 3.08. The van der Waals surface area contributed by atoms with E-state index >= 15 is 0 Å². The summed E-state index contributed by atoms with van der Waals surface area (Å²) >= 11 is 0. The second kappa shape index (κ2) is 7.14. The van der Waals surface area contributed by atoms with Crippen molar-refractivity contribution in [2.24, 2.45) is 17.3 Å². The van der Waals surface area contributed by atoms with Crippen LogP contribution in [0.2, 0.25) is 0 Å². The third kappa shape index (κ3) is 5.21. The Hall–Kier alpha value is -1.26. The number of piperidine rings is 1. The van der Waals surface area contributed by atoms with Crippen molar-refractivity contribution in [3.8, 4) is 0 Å². The highest BCUT2D eigenvalue weighted by molar-refractivity contribution is 5.81. The molecule has 1 fully saturated rings. The summed E-state index contributed by atoms with van der Waals surface area (Å²) in [6.45, 7) is 13.4. The number of amides is 2. The Kier molecular flexibility index (Phi) is 6.05. The van der Waals surface area contributed by atoms with Crippen LogP contribution in [-0.4, -0.2) is 42.6 Å². The van der Waals surface area contributed by atoms with Gasteiger partial charge in [-0.25, -0.2) is 4.79 Å². The first-order chi connectivity index (χ1) is 9.65. The molecular formula is C16H30N2O3. The molecule has 5 heteroatoms. The Morgan fingerprint density at radius 2 is 1.90 bits per heavy atom. The van der Waals surface area contributed by atoms with Crippen LogP contribution in [-0.2, 0) is 9.53 Å². The van der Waals surface area contributed by atoms with Crippen molar-refractivity contribution in [2.75, 3.05) is 19.7 Å². The molecule has 122 valence electrons. The van der Waals surface area contributed by atoms with Gasteiger partial charge < -0.3 is 15.0 Å². The van der Waals surface area contributed by atoms with Gasteiger partial charge in [-0.15, -0.1) is 0 Å². The third-order valence-corrected chi connectivity index (χ3v) is 3.97. The number of rotatable bonds is 3. The SMILES string of the molecule is CCOC(=O)N1CC(NC(=O)C(C)(C)C)CC(C(C)C)C1. The molecule has 0 aromatic heterocycles. The van der Waals surface area contributed by atoms with E-state index in [1.807, 2.05) is 20.8 Å². The number of hydrogen-bond acceptors (Lipinski definition) is 3. The van der Waals surface area contributed by atoms with E-state index in [1.165, 1.54) is 0 Å². The van der Waals surface area contributed by atoms with E-state index in [0.29, 0.717) is 31.5 Å². The molecule has 2 amide bonds. The van der Waals surface area contributed by atoms with Crippen LogP contribution < -0.4 is 5.32 Å². The number of carbonyl (C=O) groups excluding carboxylic acids is 2. The maximum Gasteiger partial charge on any atom is 0.409 e. The van der Waals surface area contributed by atoms with Crippen molar-refractivity contribution in [1.82, 2.24) is 10.2 Å². The monoisotopic (exact) mass is 298 g/mol. The van der Waals surface area contributed by atoms with Crippen molar-refractivity contribution in [2.45, 2.75) is 54.0 Å². The summed E-state index contributed by atoms with van der Waals surface area (Å²) in [6, 6.07) is 0.00211. The number of nitrogens with one attached hydrogen (secondary N) is 1. The minimum Gasteiger partial charge on any atom is -0.450 e. The van der Waals surface area contributed by atoms with Gasteiger partial charge in [-0.3, -0.25) is 4.79 Å². The maximum atomic E-state index is 12.2. The number of nitrogens with zero attached hydrogens (tertiary/aromatic N) is 1. The smallest absolute Gasteiger partial charge is 0.409 e. The van der Waals surface area contributed by atoms with E-state index in [0.717, 1.165) is 6.42 Å². The number of hydrogen-bond donors (Lipinski definition) is 1. The molecule has 0 bridgehead atoms. The zero-order valence-corrected chi connectivity index (χ0v) is 14.2. The van der Waals surface area contributed by atoms with E-state index in [1.54, 1.807) is 11.8 Å². The molecule has 0 aromatic carbocycles. The maximum absolute atomic E-state index is 12.2. The molecule has 5 nitrogen and oxygen atoms in total. The lowest BCUT2D eigenvalue weighted by atomic mass is 9.85. The molecule has 1 aliphatic rings. The highest BCUT2D eigenvalue weighted by Crippen LogP contribution is 2.25. The topological polar surface area (TPSA) is 58.6 Å². The van der Waals surface area contributed by atoms with Crippen LogP contribution in [0.25, 0.3) is 0 Å². The van der Waals surface area contributed by atoms with Crippen LogP contribution in [0.3, 0.4) is 0 Å². The normalized spacial score (nSPS) is 23.1. The fraction of sp³-hybridized carbons (Fsp3) is 0.875. The molecule has 21 heavy (non-hydrogen) atoms. The molecule has 1 N–H and O–H groups in total. The first-order valence-corrected chi connectivity index (χ1v) is 7.87. The molecule has 1 saturated heterocycles. The van der Waals surface area contributed by atoms with E-state index in [2.05, 4.69) is 19.2 Å². The van der Waals surface area contributed by atoms with Crippen LogP contribution in [0, 0.1) is 17.3 Å². The largest absolute Gasteiger partial charge is 0.450 e. The second-order valence-electron chi connectivity index (χ2n) is 7.26. The van der Waals surface area contributed by atoms with Gasteiger partial charge in [0.25, 0.3) is 0 Å². The molecule has 1 aliphatic heterocycles. The molecule has 0 saturated carbocycles. The van der Waals surface area contributed by atoms with Crippen LogP contribution in [0.1, 0.15) is 48.0 Å². The lowest BCUT2D eigenvalue weighted by molar-refractivity contribution is -0.129. The zero-order chi connectivity index (χ0) is 16.2. The fourth-order valence-corrected chi connectivity index (χ4v) is 2.49. The summed E-state index contributed by atoms with van der Waals surface area (Å²) in [4.78, 5) is 25.9. The number of ether oxygens (including phenoxy) is 1. The van der Waals surface area contributed by atoms with E-state index in [9.17, 15) is 9.59 Å². The highest BCUT2D eigenvalue weighted by Gasteiger charge is 2.34. The quantitative estimate of drug-likeness (QED) is 0.871. The van der Waals surface area contributed by atoms with Gasteiger partial charge >= 0.3 is 6.09 Å². The average Bonchev–Trinajstić information content (AvgIpc) is 2.37. The van der Waals surface area contributed by atoms with Crippen molar-refractivity contribution in [3.63, 3.8) is 0 Å². The highest BCUT2D eigenvalue weighted by atomic mass is 16.6.